The lowest BCUT2D eigenvalue weighted by Crippen LogP contribution is -2.19. The van der Waals surface area contributed by atoms with Crippen LogP contribution in [0, 0.1) is 0 Å². The fourth-order valence-corrected chi connectivity index (χ4v) is 4.67. The van der Waals surface area contributed by atoms with Gasteiger partial charge >= 0.3 is 0 Å². The van der Waals surface area contributed by atoms with Gasteiger partial charge in [-0.05, 0) is 50.6 Å². The summed E-state index contributed by atoms with van der Waals surface area (Å²) in [4.78, 5) is 20.3. The number of fused-ring (bicyclic) bond motifs is 1. The Hall–Kier alpha value is -4.03. The maximum Gasteiger partial charge on any atom is 0.253 e. The average Bonchev–Trinajstić information content (AvgIpc) is 3.33. The Morgan fingerprint density at radius 1 is 1.03 bits per heavy atom. The molecule has 7 heteroatoms. The van der Waals surface area contributed by atoms with Gasteiger partial charge in [-0.15, -0.1) is 0 Å². The van der Waals surface area contributed by atoms with Crippen molar-refractivity contribution in [3.63, 3.8) is 0 Å². The monoisotopic (exact) mass is 512 g/mol. The number of benzene rings is 3. The van der Waals surface area contributed by atoms with E-state index in [0.717, 1.165) is 28.9 Å². The van der Waals surface area contributed by atoms with Crippen LogP contribution in [0.3, 0.4) is 0 Å². The van der Waals surface area contributed by atoms with Crippen molar-refractivity contribution in [3.8, 4) is 17.0 Å². The van der Waals surface area contributed by atoms with Crippen molar-refractivity contribution in [2.24, 2.45) is 0 Å². The highest BCUT2D eigenvalue weighted by Crippen LogP contribution is 2.31. The van der Waals surface area contributed by atoms with Crippen LogP contribution < -0.4 is 15.6 Å². The summed E-state index contributed by atoms with van der Waals surface area (Å²) in [6.07, 6.45) is 3.71. The molecule has 3 aromatic carbocycles. The molecule has 1 atom stereocenters. The molecule has 0 bridgehead atoms. The minimum absolute atomic E-state index is 0.0158. The fraction of sp³-hybridized carbons (Fsp3) is 0.200. The van der Waals surface area contributed by atoms with E-state index >= 15 is 0 Å². The van der Waals surface area contributed by atoms with Crippen LogP contribution in [0.4, 0.5) is 5.69 Å². The minimum Gasteiger partial charge on any atom is -0.489 e. The Labute approximate surface area is 220 Å². The zero-order valence-corrected chi connectivity index (χ0v) is 21.8. The summed E-state index contributed by atoms with van der Waals surface area (Å²) < 4.78 is 7.89. The third-order valence-electron chi connectivity index (χ3n) is 6.20. The maximum absolute atomic E-state index is 13.0. The molecular weight excluding hydrogens is 484 g/mol. The number of pyridine rings is 1. The predicted octanol–water partition coefficient (Wildman–Crippen LogP) is 7.05. The highest BCUT2D eigenvalue weighted by atomic mass is 35.5. The van der Waals surface area contributed by atoms with Crippen LogP contribution in [0.15, 0.2) is 90.1 Å². The van der Waals surface area contributed by atoms with Gasteiger partial charge in [0.05, 0.1) is 40.9 Å². The quantitative estimate of drug-likeness (QED) is 0.233. The minimum atomic E-state index is -0.233. The summed E-state index contributed by atoms with van der Waals surface area (Å²) >= 11 is 6.44. The van der Waals surface area contributed by atoms with E-state index in [0.29, 0.717) is 21.9 Å². The molecule has 2 heterocycles. The average molecular weight is 513 g/mol. The maximum atomic E-state index is 13.0. The Balaban J connectivity index is 1.39. The summed E-state index contributed by atoms with van der Waals surface area (Å²) in [5.41, 5.74) is 5.36. The molecule has 1 unspecified atom stereocenters. The van der Waals surface area contributed by atoms with E-state index in [1.54, 1.807) is 6.07 Å². The lowest BCUT2D eigenvalue weighted by molar-refractivity contribution is 0.243. The number of aromatic nitrogens is 3. The number of nitrogens with one attached hydrogen (secondary N) is 2. The normalized spacial score (nSPS) is 12.1. The van der Waals surface area contributed by atoms with E-state index in [2.05, 4.69) is 44.1 Å². The topological polar surface area (TPSA) is 71.9 Å². The van der Waals surface area contributed by atoms with Crippen molar-refractivity contribution in [2.75, 3.05) is 5.32 Å². The first kappa shape index (κ1) is 24.7. The number of rotatable bonds is 8. The van der Waals surface area contributed by atoms with Gasteiger partial charge < -0.3 is 19.6 Å². The molecule has 0 aliphatic heterocycles. The van der Waals surface area contributed by atoms with Crippen LogP contribution in [0.2, 0.25) is 5.02 Å². The van der Waals surface area contributed by atoms with Crippen molar-refractivity contribution < 1.29 is 4.74 Å². The van der Waals surface area contributed by atoms with Gasteiger partial charge in [-0.3, -0.25) is 4.79 Å². The summed E-state index contributed by atoms with van der Waals surface area (Å²) in [6.45, 7) is 6.58. The standard InChI is InChI=1S/C30H29ClN4O2/c1-19(2)37-29-15-27-23(14-26(29)31)13-25(30(36)34-27)20(3)33-24-11-7-10-22(12-24)28-16-32-18-35(28)17-21-8-5-4-6-9-21/h4-16,18-20,33H,17H2,1-3H3,(H,34,36). The molecule has 5 aromatic rings. The van der Waals surface area contributed by atoms with Gasteiger partial charge in [0.15, 0.2) is 0 Å². The van der Waals surface area contributed by atoms with E-state index in [9.17, 15) is 4.79 Å². The molecule has 0 saturated heterocycles. The van der Waals surface area contributed by atoms with E-state index in [-0.39, 0.29) is 17.7 Å². The Morgan fingerprint density at radius 2 is 1.84 bits per heavy atom. The van der Waals surface area contributed by atoms with E-state index in [1.807, 2.05) is 75.8 Å². The van der Waals surface area contributed by atoms with Crippen molar-refractivity contribution >= 4 is 28.2 Å². The molecular formula is C30H29ClN4O2. The van der Waals surface area contributed by atoms with Crippen molar-refractivity contribution in [3.05, 3.63) is 112 Å². The van der Waals surface area contributed by atoms with Crippen LogP contribution in [0.1, 0.15) is 37.9 Å². The SMILES string of the molecule is CC(C)Oc1cc2[nH]c(=O)c(C(C)Nc3cccc(-c4cncn4Cc4ccccc4)c3)cc2cc1Cl. The summed E-state index contributed by atoms with van der Waals surface area (Å²) in [7, 11) is 0. The number of hydrogen-bond acceptors (Lipinski definition) is 4. The smallest absolute Gasteiger partial charge is 0.253 e. The van der Waals surface area contributed by atoms with Crippen LogP contribution in [0.25, 0.3) is 22.2 Å². The lowest BCUT2D eigenvalue weighted by atomic mass is 10.1. The van der Waals surface area contributed by atoms with Gasteiger partial charge in [-0.1, -0.05) is 54.1 Å². The molecule has 0 radical (unpaired) electrons. The van der Waals surface area contributed by atoms with Gasteiger partial charge in [0.25, 0.3) is 5.56 Å². The molecule has 0 aliphatic carbocycles. The zero-order valence-electron chi connectivity index (χ0n) is 21.0. The number of imidazole rings is 1. The number of anilines is 1. The molecule has 37 heavy (non-hydrogen) atoms. The molecule has 2 aromatic heterocycles. The Bertz CT molecular complexity index is 1590. The second-order valence-corrected chi connectivity index (χ2v) is 9.84. The third-order valence-corrected chi connectivity index (χ3v) is 6.50. The largest absolute Gasteiger partial charge is 0.489 e. The Kier molecular flexibility index (Phi) is 7.01. The van der Waals surface area contributed by atoms with E-state index in [1.165, 1.54) is 5.56 Å². The molecule has 2 N–H and O–H groups in total. The number of H-pyrrole nitrogens is 1. The molecule has 0 saturated carbocycles. The summed E-state index contributed by atoms with van der Waals surface area (Å²) in [5.74, 6) is 0.557. The first-order valence-corrected chi connectivity index (χ1v) is 12.7. The second-order valence-electron chi connectivity index (χ2n) is 9.43. The third kappa shape index (κ3) is 5.54. The summed E-state index contributed by atoms with van der Waals surface area (Å²) in [5, 5.41) is 4.84. The van der Waals surface area contributed by atoms with Crippen LogP contribution >= 0.6 is 11.6 Å². The highest BCUT2D eigenvalue weighted by molar-refractivity contribution is 6.32. The predicted molar refractivity (Wildman–Crippen MR) is 151 cm³/mol. The second kappa shape index (κ2) is 10.5. The van der Waals surface area contributed by atoms with Gasteiger partial charge in [0.2, 0.25) is 0 Å². The molecule has 5 rings (SSSR count). The molecule has 6 nitrogen and oxygen atoms in total. The first-order chi connectivity index (χ1) is 17.9. The number of ether oxygens (including phenoxy) is 1. The van der Waals surface area contributed by atoms with Gasteiger partial charge in [0, 0.05) is 34.8 Å². The van der Waals surface area contributed by atoms with Crippen LogP contribution in [-0.4, -0.2) is 20.6 Å². The fourth-order valence-electron chi connectivity index (χ4n) is 4.45. The van der Waals surface area contributed by atoms with Gasteiger partial charge in [-0.2, -0.15) is 0 Å². The van der Waals surface area contributed by atoms with Crippen molar-refractivity contribution in [1.29, 1.82) is 0 Å². The zero-order chi connectivity index (χ0) is 25.9. The molecule has 0 amide bonds. The van der Waals surface area contributed by atoms with Crippen molar-refractivity contribution in [2.45, 2.75) is 39.5 Å². The molecule has 0 spiro atoms. The number of hydrogen-bond donors (Lipinski definition) is 2. The highest BCUT2D eigenvalue weighted by Gasteiger charge is 2.15. The number of halogens is 1. The van der Waals surface area contributed by atoms with E-state index in [4.69, 9.17) is 16.3 Å². The number of nitrogens with zero attached hydrogens (tertiary/aromatic N) is 2. The molecule has 188 valence electrons. The van der Waals surface area contributed by atoms with Gasteiger partial charge in [-0.25, -0.2) is 4.98 Å². The van der Waals surface area contributed by atoms with Crippen molar-refractivity contribution in [1.82, 2.24) is 14.5 Å². The molecule has 0 aliphatic rings. The first-order valence-electron chi connectivity index (χ1n) is 12.3. The van der Waals surface area contributed by atoms with E-state index < -0.39 is 0 Å². The van der Waals surface area contributed by atoms with Crippen LogP contribution in [-0.2, 0) is 6.54 Å². The number of aromatic amines is 1. The molecule has 0 fully saturated rings. The lowest BCUT2D eigenvalue weighted by Gasteiger charge is -2.17. The van der Waals surface area contributed by atoms with Crippen LogP contribution in [0.5, 0.6) is 5.75 Å². The Morgan fingerprint density at radius 3 is 2.62 bits per heavy atom. The van der Waals surface area contributed by atoms with Gasteiger partial charge in [0.1, 0.15) is 5.75 Å². The summed E-state index contributed by atoms with van der Waals surface area (Å²) in [6, 6.07) is 23.7.